The second kappa shape index (κ2) is 3.75. The van der Waals surface area contributed by atoms with Crippen molar-refractivity contribution in [3.8, 4) is 0 Å². The third-order valence-corrected chi connectivity index (χ3v) is 3.11. The summed E-state index contributed by atoms with van der Waals surface area (Å²) in [6, 6.07) is 5.44. The number of amides is 1. The second-order valence-electron chi connectivity index (χ2n) is 4.56. The Hall–Kier alpha value is -1.52. The molecule has 5 heteroatoms. The zero-order valence-electron chi connectivity index (χ0n) is 9.27. The molecule has 1 saturated heterocycles. The molecule has 0 bridgehead atoms. The molecule has 1 N–H and O–H groups in total. The van der Waals surface area contributed by atoms with E-state index in [1.165, 1.54) is 12.1 Å². The van der Waals surface area contributed by atoms with Gasteiger partial charge in [0, 0.05) is 18.4 Å². The molecule has 0 aliphatic carbocycles. The van der Waals surface area contributed by atoms with Crippen LogP contribution in [-0.4, -0.2) is 12.5 Å². The summed E-state index contributed by atoms with van der Waals surface area (Å²) >= 11 is 0. The van der Waals surface area contributed by atoms with E-state index in [-0.39, 0.29) is 24.4 Å². The van der Waals surface area contributed by atoms with Crippen LogP contribution in [0.15, 0.2) is 24.3 Å². The first-order valence-corrected chi connectivity index (χ1v) is 5.26. The summed E-state index contributed by atoms with van der Waals surface area (Å²) in [6.45, 7) is 1.93. The smallest absolute Gasteiger partial charge is 0.355 e. The monoisotopic (exact) mass is 243 g/mol. The van der Waals surface area contributed by atoms with Gasteiger partial charge in [0.15, 0.2) is 0 Å². The van der Waals surface area contributed by atoms with Crippen LogP contribution in [0.1, 0.15) is 24.5 Å². The van der Waals surface area contributed by atoms with Crippen molar-refractivity contribution in [2.75, 3.05) is 6.54 Å². The molecular formula is C12H12F3NO. The molecule has 1 aromatic rings. The van der Waals surface area contributed by atoms with E-state index in [0.29, 0.717) is 0 Å². The highest BCUT2D eigenvalue weighted by Gasteiger charge is 2.42. The molecule has 0 aromatic heterocycles. The van der Waals surface area contributed by atoms with Crippen molar-refractivity contribution >= 4 is 5.91 Å². The summed E-state index contributed by atoms with van der Waals surface area (Å²) in [5.41, 5.74) is -1.24. The molecule has 1 unspecified atom stereocenters. The first-order valence-electron chi connectivity index (χ1n) is 5.26. The van der Waals surface area contributed by atoms with Gasteiger partial charge < -0.3 is 5.32 Å². The number of alkyl halides is 3. The summed E-state index contributed by atoms with van der Waals surface area (Å²) in [5, 5.41) is 2.58. The number of benzene rings is 1. The maximum atomic E-state index is 12.9. The molecule has 17 heavy (non-hydrogen) atoms. The van der Waals surface area contributed by atoms with Crippen LogP contribution in [0.4, 0.5) is 13.2 Å². The van der Waals surface area contributed by atoms with Gasteiger partial charge in [-0.3, -0.25) is 4.79 Å². The number of carbonyl (C=O) groups excluding carboxylic acids is 1. The van der Waals surface area contributed by atoms with E-state index < -0.39 is 17.2 Å². The number of carbonyl (C=O) groups is 1. The fraction of sp³-hybridized carbons (Fsp3) is 0.417. The minimum atomic E-state index is -4.38. The number of hydrogen-bond donors (Lipinski definition) is 1. The van der Waals surface area contributed by atoms with Gasteiger partial charge in [0.05, 0.1) is 5.56 Å². The molecule has 1 amide bonds. The van der Waals surface area contributed by atoms with Crippen LogP contribution in [0.25, 0.3) is 0 Å². The van der Waals surface area contributed by atoms with Crippen molar-refractivity contribution in [3.05, 3.63) is 35.4 Å². The highest BCUT2D eigenvalue weighted by molar-refractivity contribution is 5.80. The van der Waals surface area contributed by atoms with Gasteiger partial charge in [-0.1, -0.05) is 25.1 Å². The third-order valence-electron chi connectivity index (χ3n) is 3.11. The lowest BCUT2D eigenvalue weighted by Gasteiger charge is -2.26. The highest BCUT2D eigenvalue weighted by atomic mass is 19.4. The predicted octanol–water partition coefficient (Wildman–Crippen LogP) is 2.48. The van der Waals surface area contributed by atoms with Crippen molar-refractivity contribution in [1.82, 2.24) is 5.32 Å². The lowest BCUT2D eigenvalue weighted by molar-refractivity contribution is -0.138. The average molecular weight is 243 g/mol. The molecule has 1 aliphatic rings. The highest BCUT2D eigenvalue weighted by Crippen LogP contribution is 2.40. The van der Waals surface area contributed by atoms with E-state index in [4.69, 9.17) is 0 Å². The summed E-state index contributed by atoms with van der Waals surface area (Å²) in [7, 11) is 0. The SMILES string of the molecule is CC1(c2ccccc2C(F)(F)F)CNC(=O)C1. The summed E-state index contributed by atoms with van der Waals surface area (Å²) in [6.07, 6.45) is -4.29. The van der Waals surface area contributed by atoms with Crippen LogP contribution >= 0.6 is 0 Å². The first kappa shape index (κ1) is 12.0. The van der Waals surface area contributed by atoms with E-state index in [9.17, 15) is 18.0 Å². The maximum absolute atomic E-state index is 12.9. The topological polar surface area (TPSA) is 29.1 Å². The molecule has 1 atom stereocenters. The molecule has 1 aliphatic heterocycles. The largest absolute Gasteiger partial charge is 0.416 e. The van der Waals surface area contributed by atoms with Crippen LogP contribution in [-0.2, 0) is 16.4 Å². The van der Waals surface area contributed by atoms with Crippen LogP contribution in [0, 0.1) is 0 Å². The molecule has 0 radical (unpaired) electrons. The summed E-state index contributed by atoms with van der Waals surface area (Å²) in [4.78, 5) is 11.2. The van der Waals surface area contributed by atoms with Crippen molar-refractivity contribution in [3.63, 3.8) is 0 Å². The number of nitrogens with one attached hydrogen (secondary N) is 1. The van der Waals surface area contributed by atoms with Gasteiger partial charge in [0.1, 0.15) is 0 Å². The lowest BCUT2D eigenvalue weighted by atomic mass is 9.79. The fourth-order valence-corrected chi connectivity index (χ4v) is 2.22. The Morgan fingerprint density at radius 1 is 1.29 bits per heavy atom. The van der Waals surface area contributed by atoms with Gasteiger partial charge in [-0.15, -0.1) is 0 Å². The van der Waals surface area contributed by atoms with Gasteiger partial charge in [-0.2, -0.15) is 13.2 Å². The molecule has 2 rings (SSSR count). The molecule has 2 nitrogen and oxygen atoms in total. The average Bonchev–Trinajstić information content (AvgIpc) is 2.59. The van der Waals surface area contributed by atoms with Gasteiger partial charge in [0.2, 0.25) is 5.91 Å². The molecule has 0 spiro atoms. The van der Waals surface area contributed by atoms with E-state index in [1.54, 1.807) is 13.0 Å². The Morgan fingerprint density at radius 2 is 1.94 bits per heavy atom. The number of rotatable bonds is 1. The van der Waals surface area contributed by atoms with E-state index >= 15 is 0 Å². The van der Waals surface area contributed by atoms with Gasteiger partial charge >= 0.3 is 6.18 Å². The van der Waals surface area contributed by atoms with Crippen LogP contribution in [0.3, 0.4) is 0 Å². The third kappa shape index (κ3) is 2.14. The summed E-state index contributed by atoms with van der Waals surface area (Å²) < 4.78 is 38.6. The van der Waals surface area contributed by atoms with Gasteiger partial charge in [-0.05, 0) is 11.6 Å². The van der Waals surface area contributed by atoms with Gasteiger partial charge in [0.25, 0.3) is 0 Å². The molecule has 92 valence electrons. The lowest BCUT2D eigenvalue weighted by Crippen LogP contribution is -2.28. The summed E-state index contributed by atoms with van der Waals surface area (Å²) in [5.74, 6) is -0.204. The molecular weight excluding hydrogens is 231 g/mol. The minimum Gasteiger partial charge on any atom is -0.355 e. The quantitative estimate of drug-likeness (QED) is 0.806. The zero-order chi connectivity index (χ0) is 12.7. The van der Waals surface area contributed by atoms with E-state index in [2.05, 4.69) is 5.32 Å². The van der Waals surface area contributed by atoms with Crippen LogP contribution in [0.5, 0.6) is 0 Å². The molecule has 1 heterocycles. The van der Waals surface area contributed by atoms with Gasteiger partial charge in [-0.25, -0.2) is 0 Å². The normalized spacial score (nSPS) is 24.8. The molecule has 1 fully saturated rings. The minimum absolute atomic E-state index is 0.0973. The van der Waals surface area contributed by atoms with E-state index in [1.807, 2.05) is 0 Å². The Labute approximate surface area is 96.8 Å². The second-order valence-corrected chi connectivity index (χ2v) is 4.56. The maximum Gasteiger partial charge on any atom is 0.416 e. The Kier molecular flexibility index (Phi) is 2.64. The van der Waals surface area contributed by atoms with Crippen LogP contribution < -0.4 is 5.32 Å². The number of halogens is 3. The Morgan fingerprint density at radius 3 is 2.47 bits per heavy atom. The van der Waals surface area contributed by atoms with Crippen molar-refractivity contribution in [2.24, 2.45) is 0 Å². The standard InChI is InChI=1S/C12H12F3NO/c1-11(6-10(17)16-7-11)8-4-2-3-5-9(8)12(13,14)15/h2-5H,6-7H2,1H3,(H,16,17). The number of hydrogen-bond acceptors (Lipinski definition) is 1. The molecule has 0 saturated carbocycles. The Balaban J connectivity index is 2.49. The van der Waals surface area contributed by atoms with E-state index in [0.717, 1.165) is 6.07 Å². The first-order chi connectivity index (χ1) is 7.83. The van der Waals surface area contributed by atoms with Crippen molar-refractivity contribution < 1.29 is 18.0 Å². The van der Waals surface area contributed by atoms with Crippen LogP contribution in [0.2, 0.25) is 0 Å². The molecule has 1 aromatic carbocycles. The van der Waals surface area contributed by atoms with Crippen molar-refractivity contribution in [1.29, 1.82) is 0 Å². The Bertz CT molecular complexity index is 455. The zero-order valence-corrected chi connectivity index (χ0v) is 9.27. The van der Waals surface area contributed by atoms with Crippen molar-refractivity contribution in [2.45, 2.75) is 24.9 Å². The predicted molar refractivity (Wildman–Crippen MR) is 56.4 cm³/mol. The fourth-order valence-electron chi connectivity index (χ4n) is 2.22.